The van der Waals surface area contributed by atoms with Gasteiger partial charge < -0.3 is 14.0 Å². The molecule has 0 heterocycles. The van der Waals surface area contributed by atoms with Gasteiger partial charge in [0.1, 0.15) is 0 Å². The van der Waals surface area contributed by atoms with Gasteiger partial charge in [-0.25, -0.2) is 8.42 Å². The monoisotopic (exact) mass is 829 g/mol. The summed E-state index contributed by atoms with van der Waals surface area (Å²) in [6.45, 7) is 0. The lowest BCUT2D eigenvalue weighted by Crippen LogP contribution is -2.63. The van der Waals surface area contributed by atoms with E-state index in [2.05, 4.69) is 4.74 Å². The topological polar surface area (TPSA) is 110 Å². The average Bonchev–Trinajstić information content (AvgIpc) is 2.54. The zero-order valence-electron chi connectivity index (χ0n) is 15.2. The summed E-state index contributed by atoms with van der Waals surface area (Å²) in [6, 6.07) is 3.36. The molecule has 0 saturated heterocycles. The Bertz CT molecular complexity index is 942. The van der Waals surface area contributed by atoms with E-state index in [9.17, 15) is 48.9 Å². The van der Waals surface area contributed by atoms with Gasteiger partial charge in [0, 0.05) is 16.4 Å². The highest BCUT2D eigenvalue weighted by atomic mass is 127. The molecular weight excluding hydrogens is 819 g/mol. The third kappa shape index (κ3) is 8.25. The zero-order valence-corrected chi connectivity index (χ0v) is 22.4. The third-order valence-electron chi connectivity index (χ3n) is 3.52. The van der Waals surface area contributed by atoms with Gasteiger partial charge >= 0.3 is 29.9 Å². The van der Waals surface area contributed by atoms with Crippen LogP contribution in [-0.2, 0) is 24.4 Å². The molecule has 17 heteroatoms. The average molecular weight is 829 g/mol. The Morgan fingerprint density at radius 3 is 1.75 bits per heavy atom. The molecule has 0 radical (unpaired) electrons. The number of halogens is 9. The molecular formula is C15H10F6I3O7S-. The van der Waals surface area contributed by atoms with E-state index in [0.717, 1.165) is 3.57 Å². The quantitative estimate of drug-likeness (QED) is 0.125. The molecule has 0 unspecified atom stereocenters. The molecule has 0 amide bonds. The minimum absolute atomic E-state index is 0.188. The zero-order chi connectivity index (χ0) is 25.1. The van der Waals surface area contributed by atoms with E-state index in [-0.39, 0.29) is 5.75 Å². The Labute approximate surface area is 218 Å². The third-order valence-corrected chi connectivity index (χ3v) is 6.51. The lowest BCUT2D eigenvalue weighted by atomic mass is 10.1. The summed E-state index contributed by atoms with van der Waals surface area (Å²) in [5.74, 6) is -5.91. The van der Waals surface area contributed by atoms with Crippen LogP contribution in [0.25, 0.3) is 0 Å². The van der Waals surface area contributed by atoms with Crippen molar-refractivity contribution < 1.29 is 58.4 Å². The van der Waals surface area contributed by atoms with E-state index < -0.39 is 65.0 Å². The van der Waals surface area contributed by atoms with Crippen molar-refractivity contribution in [1.29, 1.82) is 0 Å². The van der Waals surface area contributed by atoms with Gasteiger partial charge in [-0.1, -0.05) is 0 Å². The van der Waals surface area contributed by atoms with Crippen molar-refractivity contribution >= 4 is 89.8 Å². The molecule has 1 aromatic carbocycles. The van der Waals surface area contributed by atoms with E-state index in [1.807, 2.05) is 67.8 Å². The Balaban J connectivity index is 2.87. The van der Waals surface area contributed by atoms with Gasteiger partial charge in [-0.2, -0.15) is 26.3 Å². The number of benzene rings is 1. The predicted octanol–water partition coefficient (Wildman–Crippen LogP) is 4.53. The van der Waals surface area contributed by atoms with Gasteiger partial charge in [0.05, 0.1) is 23.0 Å². The summed E-state index contributed by atoms with van der Waals surface area (Å²) >= 11 is 5.79. The number of alkyl halides is 6. The highest BCUT2D eigenvalue weighted by Crippen LogP contribution is 2.47. The van der Waals surface area contributed by atoms with E-state index in [1.165, 1.54) is 0 Å². The number of carbonyl (C=O) groups excluding carboxylic acids is 2. The van der Waals surface area contributed by atoms with Crippen molar-refractivity contribution in [2.75, 3.05) is 5.75 Å². The number of esters is 2. The molecule has 0 saturated carbocycles. The van der Waals surface area contributed by atoms with Gasteiger partial charge in [-0.3, -0.25) is 9.59 Å². The van der Waals surface area contributed by atoms with E-state index in [1.54, 1.807) is 12.1 Å². The van der Waals surface area contributed by atoms with E-state index >= 15 is 0 Å². The maximum absolute atomic E-state index is 13.1. The summed E-state index contributed by atoms with van der Waals surface area (Å²) < 4.78 is 121. The molecule has 0 fully saturated rings. The molecule has 0 atom stereocenters. The minimum Gasteiger partial charge on any atom is -0.748 e. The molecule has 0 aromatic heterocycles. The smallest absolute Gasteiger partial charge is 0.438 e. The predicted molar refractivity (Wildman–Crippen MR) is 120 cm³/mol. The molecule has 0 aliphatic heterocycles. The molecule has 1 aromatic rings. The molecule has 32 heavy (non-hydrogen) atoms. The number of rotatable bonds is 8. The SMILES string of the molecule is O=C(CCCC(=O)OC(CS(=O)(=O)[O-])(C(F)(F)F)C(F)(F)F)Oc1c(I)cc(I)cc1I. The van der Waals surface area contributed by atoms with Gasteiger partial charge in [0.25, 0.3) is 0 Å². The number of ether oxygens (including phenoxy) is 2. The van der Waals surface area contributed by atoms with Crippen LogP contribution < -0.4 is 4.74 Å². The molecule has 182 valence electrons. The normalized spacial score (nSPS) is 13.1. The highest BCUT2D eigenvalue weighted by molar-refractivity contribution is 14.1. The van der Waals surface area contributed by atoms with Crippen molar-refractivity contribution in [3.8, 4) is 5.75 Å². The first-order chi connectivity index (χ1) is 14.3. The largest absolute Gasteiger partial charge is 0.748 e. The summed E-state index contributed by atoms with van der Waals surface area (Å²) in [5.41, 5.74) is -5.54. The Morgan fingerprint density at radius 1 is 0.906 bits per heavy atom. The summed E-state index contributed by atoms with van der Waals surface area (Å²) in [7, 11) is -6.12. The first-order valence-electron chi connectivity index (χ1n) is 7.93. The van der Waals surface area contributed by atoms with Gasteiger partial charge in [-0.05, 0) is 86.3 Å². The second kappa shape index (κ2) is 11.1. The number of hydrogen-bond acceptors (Lipinski definition) is 7. The Morgan fingerprint density at radius 2 is 1.34 bits per heavy atom. The van der Waals surface area contributed by atoms with Crippen LogP contribution in [-0.4, -0.2) is 48.6 Å². The van der Waals surface area contributed by atoms with Crippen molar-refractivity contribution in [2.45, 2.75) is 37.2 Å². The minimum atomic E-state index is -6.45. The van der Waals surface area contributed by atoms with Crippen molar-refractivity contribution in [2.24, 2.45) is 0 Å². The standard InChI is InChI=1S/C15H11F6I3O7S/c16-14(17,18)13(15(19,20)21,6-32(27,28)29)31-11(26)3-1-2-10(25)30-12-8(23)4-7(22)5-9(12)24/h4-5H,1-3,6H2,(H,27,28,29)/p-1. The van der Waals surface area contributed by atoms with E-state index in [4.69, 9.17) is 4.74 Å². The molecule has 1 rings (SSSR count). The molecule has 0 aliphatic rings. The van der Waals surface area contributed by atoms with Crippen LogP contribution in [0.15, 0.2) is 12.1 Å². The van der Waals surface area contributed by atoms with Crippen molar-refractivity contribution in [1.82, 2.24) is 0 Å². The second-order valence-electron chi connectivity index (χ2n) is 6.02. The molecule has 7 nitrogen and oxygen atoms in total. The number of carbonyl (C=O) groups is 2. The lowest BCUT2D eigenvalue weighted by Gasteiger charge is -2.36. The first-order valence-corrected chi connectivity index (χ1v) is 12.7. The fraction of sp³-hybridized carbons (Fsp3) is 0.467. The lowest BCUT2D eigenvalue weighted by molar-refractivity contribution is -0.361. The van der Waals surface area contributed by atoms with Crippen LogP contribution in [0.1, 0.15) is 19.3 Å². The summed E-state index contributed by atoms with van der Waals surface area (Å²) in [6.07, 6.45) is -15.1. The number of hydrogen-bond donors (Lipinski definition) is 0. The van der Waals surface area contributed by atoms with Crippen LogP contribution in [0.2, 0.25) is 0 Å². The van der Waals surface area contributed by atoms with Crippen LogP contribution in [0.3, 0.4) is 0 Å². The Kier molecular flexibility index (Phi) is 10.3. The highest BCUT2D eigenvalue weighted by Gasteiger charge is 2.75. The molecule has 0 aliphatic carbocycles. The van der Waals surface area contributed by atoms with Crippen LogP contribution >= 0.6 is 67.8 Å². The maximum atomic E-state index is 13.1. The molecule has 0 N–H and O–H groups in total. The first kappa shape index (κ1) is 29.9. The van der Waals surface area contributed by atoms with Gasteiger partial charge in [0.15, 0.2) is 5.75 Å². The molecule has 0 bridgehead atoms. The van der Waals surface area contributed by atoms with Crippen molar-refractivity contribution in [3.05, 3.63) is 22.8 Å². The second-order valence-corrected chi connectivity index (χ2v) is 11.0. The van der Waals surface area contributed by atoms with Crippen LogP contribution in [0.4, 0.5) is 26.3 Å². The van der Waals surface area contributed by atoms with Gasteiger partial charge in [0.2, 0.25) is 0 Å². The fourth-order valence-electron chi connectivity index (χ4n) is 2.13. The van der Waals surface area contributed by atoms with Crippen LogP contribution in [0, 0.1) is 10.7 Å². The van der Waals surface area contributed by atoms with Crippen molar-refractivity contribution in [3.63, 3.8) is 0 Å². The molecule has 0 spiro atoms. The summed E-state index contributed by atoms with van der Waals surface area (Å²) in [5, 5.41) is 0. The van der Waals surface area contributed by atoms with Crippen LogP contribution in [0.5, 0.6) is 5.75 Å². The van der Waals surface area contributed by atoms with E-state index in [0.29, 0.717) is 7.14 Å². The van der Waals surface area contributed by atoms with Gasteiger partial charge in [-0.15, -0.1) is 0 Å². The fourth-order valence-corrected chi connectivity index (χ4v) is 6.82. The summed E-state index contributed by atoms with van der Waals surface area (Å²) in [4.78, 5) is 23.6. The maximum Gasteiger partial charge on any atom is 0.438 e. The Hall–Kier alpha value is -0.160.